The molecule has 2 rings (SSSR count). The van der Waals surface area contributed by atoms with Crippen molar-refractivity contribution in [3.63, 3.8) is 0 Å². The molecule has 0 unspecified atom stereocenters. The number of aldehydes is 3. The largest absolute Gasteiger partial charge is 0.384 e. The molecule has 1 aromatic carbocycles. The van der Waals surface area contributed by atoms with Crippen LogP contribution in [0.2, 0.25) is 0 Å². The molecule has 138 valence electrons. The smallest absolute Gasteiger partial charge is 0.261 e. The molecule has 0 radical (unpaired) electrons. The van der Waals surface area contributed by atoms with Crippen LogP contribution in [0.5, 0.6) is 0 Å². The van der Waals surface area contributed by atoms with E-state index in [1.807, 2.05) is 6.08 Å². The quantitative estimate of drug-likeness (QED) is 0.234. The van der Waals surface area contributed by atoms with Gasteiger partial charge in [0.2, 0.25) is 5.78 Å². The molecule has 0 saturated heterocycles. The highest BCUT2D eigenvalue weighted by Gasteiger charge is 2.18. The third kappa shape index (κ3) is 5.21. The van der Waals surface area contributed by atoms with Gasteiger partial charge in [0.15, 0.2) is 6.29 Å². The number of allylic oxidation sites excluding steroid dienone is 4. The molecule has 1 aliphatic heterocycles. The van der Waals surface area contributed by atoms with Gasteiger partial charge in [0.1, 0.15) is 12.6 Å². The zero-order chi connectivity index (χ0) is 19.8. The summed E-state index contributed by atoms with van der Waals surface area (Å²) < 4.78 is 0. The Bertz CT molecular complexity index is 896. The van der Waals surface area contributed by atoms with E-state index in [2.05, 4.69) is 17.9 Å². The fourth-order valence-corrected chi connectivity index (χ4v) is 3.03. The molecule has 0 saturated carbocycles. The van der Waals surface area contributed by atoms with Crippen molar-refractivity contribution in [2.75, 3.05) is 6.54 Å². The molecule has 27 heavy (non-hydrogen) atoms. The van der Waals surface area contributed by atoms with Crippen LogP contribution in [-0.2, 0) is 19.2 Å². The Balaban J connectivity index is 2.46. The van der Waals surface area contributed by atoms with Crippen LogP contribution in [0.25, 0.3) is 5.57 Å². The summed E-state index contributed by atoms with van der Waals surface area (Å²) in [5.74, 6) is -1.97. The number of carbonyl (C=O) groups excluding carboxylic acids is 5. The molecule has 0 bridgehead atoms. The molecule has 1 heterocycles. The zero-order valence-electron chi connectivity index (χ0n) is 14.3. The molecule has 1 N–H and O–H groups in total. The van der Waals surface area contributed by atoms with Crippen LogP contribution in [0.15, 0.2) is 52.6 Å². The molecule has 0 spiro atoms. The van der Waals surface area contributed by atoms with Gasteiger partial charge < -0.3 is 5.32 Å². The molecule has 0 aliphatic carbocycles. The molecule has 0 fully saturated rings. The topological polar surface area (TPSA) is 97.4 Å². The first-order chi connectivity index (χ1) is 13.0. The van der Waals surface area contributed by atoms with Crippen molar-refractivity contribution in [1.82, 2.24) is 5.32 Å². The fourth-order valence-electron chi connectivity index (χ4n) is 2.67. The maximum atomic E-state index is 11.8. The lowest BCUT2D eigenvalue weighted by molar-refractivity contribution is -0.139. The van der Waals surface area contributed by atoms with Crippen LogP contribution < -0.4 is 5.32 Å². The zero-order valence-corrected chi connectivity index (χ0v) is 15.2. The third-order valence-corrected chi connectivity index (χ3v) is 4.36. The number of Topliss-reactive ketones (excluding diaryl/α,β-unsaturated/α-hetero) is 2. The summed E-state index contributed by atoms with van der Waals surface area (Å²) in [6.07, 6.45) is 6.12. The van der Waals surface area contributed by atoms with Crippen LogP contribution in [-0.4, -0.2) is 37.0 Å². The second-order valence-corrected chi connectivity index (χ2v) is 6.24. The molecule has 7 heteroatoms. The number of hydrogen-bond donors (Lipinski definition) is 2. The van der Waals surface area contributed by atoms with Gasteiger partial charge in [0.05, 0.1) is 0 Å². The Labute approximate surface area is 161 Å². The number of ketones is 2. The maximum Gasteiger partial charge on any atom is 0.261 e. The van der Waals surface area contributed by atoms with Gasteiger partial charge in [-0.25, -0.2) is 0 Å². The van der Waals surface area contributed by atoms with E-state index in [0.717, 1.165) is 17.4 Å². The number of rotatable bonds is 8. The van der Waals surface area contributed by atoms with Crippen molar-refractivity contribution in [3.05, 3.63) is 58.8 Å². The highest BCUT2D eigenvalue weighted by atomic mass is 32.1. The van der Waals surface area contributed by atoms with Gasteiger partial charge in [-0.1, -0.05) is 18.2 Å². The van der Waals surface area contributed by atoms with Gasteiger partial charge in [-0.15, -0.1) is 12.6 Å². The molecule has 1 aliphatic rings. The monoisotopic (exact) mass is 383 g/mol. The van der Waals surface area contributed by atoms with Crippen molar-refractivity contribution in [3.8, 4) is 0 Å². The lowest BCUT2D eigenvalue weighted by Crippen LogP contribution is -2.22. The van der Waals surface area contributed by atoms with Crippen molar-refractivity contribution in [1.29, 1.82) is 0 Å². The van der Waals surface area contributed by atoms with Gasteiger partial charge in [-0.2, -0.15) is 0 Å². The summed E-state index contributed by atoms with van der Waals surface area (Å²) in [4.78, 5) is 55.8. The highest BCUT2D eigenvalue weighted by Crippen LogP contribution is 2.29. The van der Waals surface area contributed by atoms with Gasteiger partial charge >= 0.3 is 0 Å². The Morgan fingerprint density at radius 3 is 2.59 bits per heavy atom. The first kappa shape index (κ1) is 20.3. The molecular weight excluding hydrogens is 366 g/mol. The van der Waals surface area contributed by atoms with Gasteiger partial charge in [-0.05, 0) is 41.3 Å². The minimum atomic E-state index is -1.12. The summed E-state index contributed by atoms with van der Waals surface area (Å²) in [5.41, 5.74) is 3.29. The van der Waals surface area contributed by atoms with Crippen molar-refractivity contribution in [2.45, 2.75) is 17.7 Å². The summed E-state index contributed by atoms with van der Waals surface area (Å²) >= 11 is 4.43. The molecular formula is C20H17NO5S. The Hall–Kier alpha value is -3.06. The number of benzene rings is 1. The fraction of sp³-hybridized carbons (Fsp3) is 0.150. The summed E-state index contributed by atoms with van der Waals surface area (Å²) in [7, 11) is 0. The van der Waals surface area contributed by atoms with Crippen LogP contribution in [0.3, 0.4) is 0 Å². The lowest BCUT2D eigenvalue weighted by Gasteiger charge is -2.21. The predicted octanol–water partition coefficient (Wildman–Crippen LogP) is 1.90. The second-order valence-electron chi connectivity index (χ2n) is 5.76. The van der Waals surface area contributed by atoms with Gasteiger partial charge in [0, 0.05) is 29.1 Å². The van der Waals surface area contributed by atoms with Crippen LogP contribution in [0.1, 0.15) is 28.8 Å². The lowest BCUT2D eigenvalue weighted by atomic mass is 9.95. The number of nitrogens with one attached hydrogen (secondary N) is 1. The van der Waals surface area contributed by atoms with Gasteiger partial charge in [0.25, 0.3) is 5.78 Å². The molecule has 6 nitrogen and oxygen atoms in total. The average Bonchev–Trinajstić information content (AvgIpc) is 2.70. The Kier molecular flexibility index (Phi) is 7.19. The first-order valence-corrected chi connectivity index (χ1v) is 8.55. The van der Waals surface area contributed by atoms with E-state index in [1.165, 1.54) is 12.2 Å². The van der Waals surface area contributed by atoms with Gasteiger partial charge in [-0.3, -0.25) is 24.0 Å². The molecule has 1 aromatic rings. The standard InChI is InChI=1S/C20H17NO5S/c22-7-1-2-15(10-18(25)19(26)12-24)17-9-14(5-6-21-17)16-4-3-13(11-23)8-20(16)27/h1-4,7-9,11-12,21,27H,5-6,10H2/b2-1-,17-15+. The van der Waals surface area contributed by atoms with E-state index in [-0.39, 0.29) is 12.7 Å². The highest BCUT2D eigenvalue weighted by molar-refractivity contribution is 7.80. The maximum absolute atomic E-state index is 11.8. The summed E-state index contributed by atoms with van der Waals surface area (Å²) in [6.45, 7) is 0.568. The minimum Gasteiger partial charge on any atom is -0.384 e. The Morgan fingerprint density at radius 2 is 1.96 bits per heavy atom. The van der Waals surface area contributed by atoms with Crippen molar-refractivity contribution < 1.29 is 24.0 Å². The van der Waals surface area contributed by atoms with E-state index in [9.17, 15) is 24.0 Å². The Morgan fingerprint density at radius 1 is 1.19 bits per heavy atom. The van der Waals surface area contributed by atoms with E-state index in [4.69, 9.17) is 0 Å². The van der Waals surface area contributed by atoms with E-state index >= 15 is 0 Å². The van der Waals surface area contributed by atoms with Crippen molar-refractivity contribution >= 4 is 48.6 Å². The molecule has 0 aromatic heterocycles. The summed E-state index contributed by atoms with van der Waals surface area (Å²) in [6, 6.07) is 5.15. The number of thiol groups is 1. The SMILES string of the molecule is O=C/C=C\C(CC(=O)C(=O)C=O)=C1\C=C(c2ccc(C=O)cc2S)CCN1. The van der Waals surface area contributed by atoms with E-state index in [1.54, 1.807) is 18.2 Å². The number of carbonyl (C=O) groups is 5. The summed E-state index contributed by atoms with van der Waals surface area (Å²) in [5, 5.41) is 3.14. The third-order valence-electron chi connectivity index (χ3n) is 3.99. The average molecular weight is 383 g/mol. The minimum absolute atomic E-state index is 0.0224. The van der Waals surface area contributed by atoms with E-state index in [0.29, 0.717) is 41.0 Å². The van der Waals surface area contributed by atoms with Crippen LogP contribution >= 0.6 is 12.6 Å². The van der Waals surface area contributed by atoms with Crippen molar-refractivity contribution in [2.24, 2.45) is 0 Å². The molecule has 0 amide bonds. The second kappa shape index (κ2) is 9.59. The van der Waals surface area contributed by atoms with E-state index < -0.39 is 11.6 Å². The molecule has 0 atom stereocenters. The van der Waals surface area contributed by atoms with Crippen LogP contribution in [0.4, 0.5) is 0 Å². The first-order valence-electron chi connectivity index (χ1n) is 8.10. The predicted molar refractivity (Wildman–Crippen MR) is 103 cm³/mol. The number of hydrogen-bond acceptors (Lipinski definition) is 7. The normalized spacial score (nSPS) is 15.5. The van der Waals surface area contributed by atoms with Crippen LogP contribution in [0, 0.1) is 0 Å².